The van der Waals surface area contributed by atoms with Gasteiger partial charge < -0.3 is 14.8 Å². The van der Waals surface area contributed by atoms with Gasteiger partial charge in [-0.3, -0.25) is 0 Å². The van der Waals surface area contributed by atoms with E-state index in [-0.39, 0.29) is 0 Å². The highest BCUT2D eigenvalue weighted by molar-refractivity contribution is 9.10. The fraction of sp³-hybridized carbons (Fsp3) is 0.625. The van der Waals surface area contributed by atoms with Crippen LogP contribution in [0.4, 0.5) is 0 Å². The van der Waals surface area contributed by atoms with Crippen molar-refractivity contribution in [1.82, 2.24) is 5.32 Å². The molecule has 4 heteroatoms. The zero-order valence-corrected chi connectivity index (χ0v) is 14.5. The molecule has 1 unspecified atom stereocenters. The Morgan fingerprint density at radius 2 is 1.95 bits per heavy atom. The van der Waals surface area contributed by atoms with E-state index in [1.807, 2.05) is 18.2 Å². The molecule has 20 heavy (non-hydrogen) atoms. The Morgan fingerprint density at radius 3 is 2.55 bits per heavy atom. The van der Waals surface area contributed by atoms with Gasteiger partial charge in [-0.1, -0.05) is 13.8 Å². The summed E-state index contributed by atoms with van der Waals surface area (Å²) in [6.07, 6.45) is 2.48. The Bertz CT molecular complexity index is 396. The highest BCUT2D eigenvalue weighted by atomic mass is 79.9. The number of benzene rings is 1. The van der Waals surface area contributed by atoms with Crippen LogP contribution in [0.3, 0.4) is 0 Å². The molecule has 0 saturated heterocycles. The normalized spacial score (nSPS) is 12.5. The molecule has 0 aliphatic carbocycles. The van der Waals surface area contributed by atoms with Gasteiger partial charge in [-0.15, -0.1) is 0 Å². The third-order valence-corrected chi connectivity index (χ3v) is 3.79. The number of hydrogen-bond donors (Lipinski definition) is 1. The lowest BCUT2D eigenvalue weighted by Gasteiger charge is -2.15. The van der Waals surface area contributed by atoms with Crippen molar-refractivity contribution in [3.05, 3.63) is 22.7 Å². The summed E-state index contributed by atoms with van der Waals surface area (Å²) in [6.45, 7) is 8.27. The Balaban J connectivity index is 2.24. The molecular weight excluding hydrogens is 318 g/mol. The molecule has 1 atom stereocenters. The Labute approximate surface area is 131 Å². The fourth-order valence-corrected chi connectivity index (χ4v) is 2.35. The first-order valence-electron chi connectivity index (χ1n) is 7.22. The second-order valence-electron chi connectivity index (χ2n) is 5.47. The van der Waals surface area contributed by atoms with Crippen LogP contribution in [-0.2, 0) is 0 Å². The zero-order chi connectivity index (χ0) is 15.0. The van der Waals surface area contributed by atoms with E-state index in [0.717, 1.165) is 28.4 Å². The molecule has 114 valence electrons. The summed E-state index contributed by atoms with van der Waals surface area (Å²) in [4.78, 5) is 0. The summed E-state index contributed by atoms with van der Waals surface area (Å²) in [6, 6.07) is 6.28. The first-order chi connectivity index (χ1) is 9.52. The van der Waals surface area contributed by atoms with Crippen molar-refractivity contribution < 1.29 is 9.47 Å². The van der Waals surface area contributed by atoms with E-state index in [1.165, 1.54) is 12.8 Å². The van der Waals surface area contributed by atoms with Gasteiger partial charge in [-0.2, -0.15) is 0 Å². The van der Waals surface area contributed by atoms with E-state index in [1.54, 1.807) is 7.11 Å². The highest BCUT2D eigenvalue weighted by Gasteiger charge is 2.05. The van der Waals surface area contributed by atoms with E-state index < -0.39 is 0 Å². The average molecular weight is 344 g/mol. The maximum absolute atomic E-state index is 5.75. The molecule has 1 rings (SSSR count). The predicted molar refractivity (Wildman–Crippen MR) is 87.7 cm³/mol. The lowest BCUT2D eigenvalue weighted by molar-refractivity contribution is 0.300. The summed E-state index contributed by atoms with van der Waals surface area (Å²) in [5.74, 6) is 2.44. The van der Waals surface area contributed by atoms with E-state index in [0.29, 0.717) is 12.6 Å². The quantitative estimate of drug-likeness (QED) is 0.680. The van der Waals surface area contributed by atoms with Crippen molar-refractivity contribution in [1.29, 1.82) is 0 Å². The van der Waals surface area contributed by atoms with Gasteiger partial charge >= 0.3 is 0 Å². The molecule has 0 aliphatic heterocycles. The molecule has 1 aromatic carbocycles. The van der Waals surface area contributed by atoms with Gasteiger partial charge in [0.1, 0.15) is 18.1 Å². The minimum Gasteiger partial charge on any atom is -0.497 e. The van der Waals surface area contributed by atoms with Crippen molar-refractivity contribution in [2.24, 2.45) is 5.92 Å². The van der Waals surface area contributed by atoms with E-state index in [9.17, 15) is 0 Å². The third-order valence-electron chi connectivity index (χ3n) is 3.17. The molecule has 0 saturated carbocycles. The van der Waals surface area contributed by atoms with Gasteiger partial charge in [0.25, 0.3) is 0 Å². The summed E-state index contributed by atoms with van der Waals surface area (Å²) in [5.41, 5.74) is 0. The number of ether oxygens (including phenoxy) is 2. The summed E-state index contributed by atoms with van der Waals surface area (Å²) in [5, 5.41) is 3.49. The van der Waals surface area contributed by atoms with Crippen LogP contribution in [0, 0.1) is 5.92 Å². The number of hydrogen-bond acceptors (Lipinski definition) is 3. The number of halogens is 1. The number of methoxy groups -OCH3 is 1. The first-order valence-corrected chi connectivity index (χ1v) is 8.02. The van der Waals surface area contributed by atoms with Crippen LogP contribution in [0.5, 0.6) is 11.5 Å². The minimum atomic E-state index is 0.542. The summed E-state index contributed by atoms with van der Waals surface area (Å²) < 4.78 is 11.8. The van der Waals surface area contributed by atoms with Crippen molar-refractivity contribution in [2.75, 3.05) is 20.3 Å². The van der Waals surface area contributed by atoms with E-state index in [2.05, 4.69) is 42.0 Å². The molecule has 0 spiro atoms. The van der Waals surface area contributed by atoms with Gasteiger partial charge in [0.2, 0.25) is 0 Å². The Kier molecular flexibility index (Phi) is 8.00. The van der Waals surface area contributed by atoms with Gasteiger partial charge in [-0.25, -0.2) is 0 Å². The molecule has 0 heterocycles. The monoisotopic (exact) mass is 343 g/mol. The Morgan fingerprint density at radius 1 is 1.20 bits per heavy atom. The van der Waals surface area contributed by atoms with Gasteiger partial charge in [0.15, 0.2) is 0 Å². The second-order valence-corrected chi connectivity index (χ2v) is 6.33. The maximum atomic E-state index is 5.75. The molecule has 1 N–H and O–H groups in total. The van der Waals surface area contributed by atoms with Crippen LogP contribution in [0.1, 0.15) is 33.6 Å². The lowest BCUT2D eigenvalue weighted by Crippen LogP contribution is -2.30. The second kappa shape index (κ2) is 9.24. The van der Waals surface area contributed by atoms with Gasteiger partial charge in [-0.05, 0) is 59.8 Å². The van der Waals surface area contributed by atoms with Crippen molar-refractivity contribution in [3.8, 4) is 11.5 Å². The van der Waals surface area contributed by atoms with Crippen LogP contribution in [0.15, 0.2) is 22.7 Å². The van der Waals surface area contributed by atoms with Crippen molar-refractivity contribution in [2.45, 2.75) is 39.7 Å². The topological polar surface area (TPSA) is 30.5 Å². The Hall–Kier alpha value is -0.740. The van der Waals surface area contributed by atoms with Crippen LogP contribution in [-0.4, -0.2) is 26.3 Å². The zero-order valence-electron chi connectivity index (χ0n) is 12.9. The molecular formula is C16H26BrNO2. The largest absolute Gasteiger partial charge is 0.497 e. The molecule has 0 fully saturated rings. The molecule has 0 bridgehead atoms. The molecule has 0 aromatic heterocycles. The average Bonchev–Trinajstić information content (AvgIpc) is 2.42. The third kappa shape index (κ3) is 6.62. The number of nitrogens with one attached hydrogen (secondary N) is 1. The van der Waals surface area contributed by atoms with Crippen LogP contribution in [0.25, 0.3) is 0 Å². The molecule has 0 radical (unpaired) electrons. The minimum absolute atomic E-state index is 0.542. The van der Waals surface area contributed by atoms with Crippen LogP contribution in [0.2, 0.25) is 0 Å². The first kappa shape index (κ1) is 17.3. The van der Waals surface area contributed by atoms with E-state index >= 15 is 0 Å². The van der Waals surface area contributed by atoms with Gasteiger partial charge in [0, 0.05) is 12.6 Å². The predicted octanol–water partition coefficient (Wildman–Crippen LogP) is 4.25. The van der Waals surface area contributed by atoms with Crippen molar-refractivity contribution >= 4 is 15.9 Å². The van der Waals surface area contributed by atoms with Crippen LogP contribution >= 0.6 is 15.9 Å². The summed E-state index contributed by atoms with van der Waals surface area (Å²) in [7, 11) is 1.66. The highest BCUT2D eigenvalue weighted by Crippen LogP contribution is 2.28. The summed E-state index contributed by atoms with van der Waals surface area (Å²) >= 11 is 3.48. The number of rotatable bonds is 9. The van der Waals surface area contributed by atoms with Gasteiger partial charge in [0.05, 0.1) is 11.6 Å². The fourth-order valence-electron chi connectivity index (χ4n) is 1.88. The van der Waals surface area contributed by atoms with Crippen LogP contribution < -0.4 is 14.8 Å². The SMILES string of the molecule is COc1ccc(OCCNC(C)CCC(C)C)c(Br)c1. The standard InChI is InChI=1S/C16H26BrNO2/c1-12(2)5-6-13(3)18-9-10-20-16-8-7-14(19-4)11-15(16)17/h7-8,11-13,18H,5-6,9-10H2,1-4H3. The maximum Gasteiger partial charge on any atom is 0.133 e. The molecule has 1 aromatic rings. The molecule has 0 amide bonds. The molecule has 0 aliphatic rings. The van der Waals surface area contributed by atoms with Crippen molar-refractivity contribution in [3.63, 3.8) is 0 Å². The van der Waals surface area contributed by atoms with E-state index in [4.69, 9.17) is 9.47 Å². The lowest BCUT2D eigenvalue weighted by atomic mass is 10.0. The smallest absolute Gasteiger partial charge is 0.133 e. The molecule has 3 nitrogen and oxygen atoms in total.